The molecule has 0 saturated carbocycles. The maximum Gasteiger partial charge on any atom is 0.166 e. The van der Waals surface area contributed by atoms with Gasteiger partial charge in [-0.15, -0.1) is 0 Å². The van der Waals surface area contributed by atoms with Crippen LogP contribution in [0.2, 0.25) is 10.0 Å². The number of pyridine rings is 2. The monoisotopic (exact) mass is 458 g/mol. The summed E-state index contributed by atoms with van der Waals surface area (Å²) in [6.45, 7) is 3.31. The van der Waals surface area contributed by atoms with Gasteiger partial charge in [-0.1, -0.05) is 35.3 Å². The van der Waals surface area contributed by atoms with Gasteiger partial charge in [0.25, 0.3) is 0 Å². The molecule has 3 heterocycles. The van der Waals surface area contributed by atoms with E-state index in [1.165, 1.54) is 0 Å². The van der Waals surface area contributed by atoms with E-state index in [1.807, 2.05) is 31.3 Å². The first kappa shape index (κ1) is 21.8. The Kier molecular flexibility index (Phi) is 6.62. The fourth-order valence-electron chi connectivity index (χ4n) is 3.82. The number of benzene rings is 1. The molecule has 0 amide bonds. The number of rotatable bonds is 5. The quantitative estimate of drug-likeness (QED) is 0.516. The van der Waals surface area contributed by atoms with Crippen LogP contribution in [-0.2, 0) is 0 Å². The van der Waals surface area contributed by atoms with Crippen LogP contribution in [0.1, 0.15) is 36.6 Å². The summed E-state index contributed by atoms with van der Waals surface area (Å²) in [5.74, 6) is 0.928. The van der Waals surface area contributed by atoms with Gasteiger partial charge in [0.05, 0.1) is 6.10 Å². The number of hydrogen-bond donors (Lipinski definition) is 3. The van der Waals surface area contributed by atoms with Crippen LogP contribution in [0, 0.1) is 0 Å². The van der Waals surface area contributed by atoms with E-state index in [1.54, 1.807) is 24.4 Å². The summed E-state index contributed by atoms with van der Waals surface area (Å²) < 4.78 is 6.07. The molecule has 0 bridgehead atoms. The number of nitrogens with two attached hydrogens (primary N) is 1. The standard InChI is InChI=1S/C23H24Cl2N4O2/c1-13(22-18(24)3-2-4-19(22)25)31-21-8-15(11-29-23(21)26)14-5-6-20(28-10-14)16-7-17(30)12-27-9-16/h2-6,8,10-11,13,16-17,27,30H,7,9,12H2,1H3,(H2,26,29). The highest BCUT2D eigenvalue weighted by atomic mass is 35.5. The van der Waals surface area contributed by atoms with Crippen LogP contribution in [-0.4, -0.2) is 34.3 Å². The van der Waals surface area contributed by atoms with Crippen molar-refractivity contribution in [3.05, 3.63) is 70.1 Å². The third-order valence-corrected chi connectivity index (χ3v) is 6.12. The molecule has 3 unspecified atom stereocenters. The van der Waals surface area contributed by atoms with Crippen molar-refractivity contribution in [2.75, 3.05) is 18.8 Å². The summed E-state index contributed by atoms with van der Waals surface area (Å²) in [6.07, 6.45) is 3.46. The fourth-order valence-corrected chi connectivity index (χ4v) is 4.52. The number of nitrogen functional groups attached to an aromatic ring is 1. The van der Waals surface area contributed by atoms with Gasteiger partial charge in [0, 0.05) is 63.8 Å². The number of aliphatic hydroxyl groups excluding tert-OH is 1. The molecule has 1 aromatic carbocycles. The molecule has 6 nitrogen and oxygen atoms in total. The normalized spacial score (nSPS) is 19.7. The minimum absolute atomic E-state index is 0.197. The summed E-state index contributed by atoms with van der Waals surface area (Å²) in [7, 11) is 0. The Morgan fingerprint density at radius 2 is 1.84 bits per heavy atom. The molecular weight excluding hydrogens is 435 g/mol. The Morgan fingerprint density at radius 3 is 2.52 bits per heavy atom. The van der Waals surface area contributed by atoms with E-state index in [4.69, 9.17) is 33.7 Å². The number of ether oxygens (including phenoxy) is 1. The van der Waals surface area contributed by atoms with E-state index in [0.717, 1.165) is 23.4 Å². The number of hydrogen-bond acceptors (Lipinski definition) is 6. The van der Waals surface area contributed by atoms with Crippen LogP contribution in [0.4, 0.5) is 5.82 Å². The van der Waals surface area contributed by atoms with Crippen molar-refractivity contribution < 1.29 is 9.84 Å². The van der Waals surface area contributed by atoms with Crippen LogP contribution < -0.4 is 15.8 Å². The Balaban J connectivity index is 1.55. The predicted molar refractivity (Wildman–Crippen MR) is 124 cm³/mol. The van der Waals surface area contributed by atoms with Crippen molar-refractivity contribution in [2.24, 2.45) is 0 Å². The largest absolute Gasteiger partial charge is 0.482 e. The van der Waals surface area contributed by atoms with Crippen LogP contribution in [0.3, 0.4) is 0 Å². The van der Waals surface area contributed by atoms with Gasteiger partial charge in [0.15, 0.2) is 11.6 Å². The molecule has 4 rings (SSSR count). The Morgan fingerprint density at radius 1 is 1.10 bits per heavy atom. The van der Waals surface area contributed by atoms with Gasteiger partial charge in [-0.25, -0.2) is 4.98 Å². The highest BCUT2D eigenvalue weighted by Crippen LogP contribution is 2.35. The predicted octanol–water partition coefficient (Wildman–Crippen LogP) is 4.61. The van der Waals surface area contributed by atoms with Crippen LogP contribution in [0.25, 0.3) is 11.1 Å². The lowest BCUT2D eigenvalue weighted by atomic mass is 9.93. The van der Waals surface area contributed by atoms with Crippen molar-refractivity contribution >= 4 is 29.0 Å². The number of aliphatic hydroxyl groups is 1. The van der Waals surface area contributed by atoms with Gasteiger partial charge in [0.1, 0.15) is 6.10 Å². The molecule has 8 heteroatoms. The van der Waals surface area contributed by atoms with E-state index in [0.29, 0.717) is 34.3 Å². The SMILES string of the molecule is CC(Oc1cc(-c2ccc(C3CNCC(O)C3)nc2)cnc1N)c1c(Cl)cccc1Cl. The van der Waals surface area contributed by atoms with E-state index in [-0.39, 0.29) is 17.8 Å². The molecule has 4 N–H and O–H groups in total. The first-order valence-corrected chi connectivity index (χ1v) is 10.9. The third-order valence-electron chi connectivity index (χ3n) is 5.46. The molecule has 0 aliphatic carbocycles. The number of anilines is 1. The van der Waals surface area contributed by atoms with Gasteiger partial charge in [0.2, 0.25) is 0 Å². The number of nitrogens with zero attached hydrogens (tertiary/aromatic N) is 2. The van der Waals surface area contributed by atoms with Crippen molar-refractivity contribution in [2.45, 2.75) is 31.5 Å². The van der Waals surface area contributed by atoms with Gasteiger partial charge in [-0.05, 0) is 37.6 Å². The molecule has 3 atom stereocenters. The minimum Gasteiger partial charge on any atom is -0.482 e. The zero-order chi connectivity index (χ0) is 22.0. The smallest absolute Gasteiger partial charge is 0.166 e. The average molecular weight is 459 g/mol. The second-order valence-corrected chi connectivity index (χ2v) is 8.53. The molecule has 1 fully saturated rings. The Bertz CT molecular complexity index is 1040. The second-order valence-electron chi connectivity index (χ2n) is 7.72. The maximum absolute atomic E-state index is 9.88. The second kappa shape index (κ2) is 9.40. The number of nitrogens with one attached hydrogen (secondary N) is 1. The number of piperidine rings is 1. The maximum atomic E-state index is 9.88. The van der Waals surface area contributed by atoms with Gasteiger partial charge < -0.3 is 20.9 Å². The lowest BCUT2D eigenvalue weighted by molar-refractivity contribution is 0.131. The molecule has 1 aliphatic heterocycles. The Hall–Kier alpha value is -2.38. The molecule has 1 saturated heterocycles. The van der Waals surface area contributed by atoms with Gasteiger partial charge in [-0.3, -0.25) is 4.98 Å². The fraction of sp³-hybridized carbons (Fsp3) is 0.304. The van der Waals surface area contributed by atoms with Crippen molar-refractivity contribution in [3.63, 3.8) is 0 Å². The van der Waals surface area contributed by atoms with Crippen molar-refractivity contribution in [1.29, 1.82) is 0 Å². The zero-order valence-electron chi connectivity index (χ0n) is 17.1. The minimum atomic E-state index is -0.411. The van der Waals surface area contributed by atoms with E-state index in [2.05, 4.69) is 15.3 Å². The molecule has 162 valence electrons. The zero-order valence-corrected chi connectivity index (χ0v) is 18.6. The van der Waals surface area contributed by atoms with Gasteiger partial charge >= 0.3 is 0 Å². The first-order valence-electron chi connectivity index (χ1n) is 10.1. The summed E-state index contributed by atoms with van der Waals surface area (Å²) >= 11 is 12.6. The lowest BCUT2D eigenvalue weighted by Gasteiger charge is -2.26. The van der Waals surface area contributed by atoms with Crippen LogP contribution in [0.5, 0.6) is 5.75 Å². The van der Waals surface area contributed by atoms with Crippen molar-refractivity contribution in [3.8, 4) is 16.9 Å². The third kappa shape index (κ3) is 4.93. The molecule has 3 aromatic rings. The molecular formula is C23H24Cl2N4O2. The van der Waals surface area contributed by atoms with E-state index < -0.39 is 6.10 Å². The van der Waals surface area contributed by atoms with Crippen molar-refractivity contribution in [1.82, 2.24) is 15.3 Å². The molecule has 31 heavy (non-hydrogen) atoms. The highest BCUT2D eigenvalue weighted by Gasteiger charge is 2.22. The highest BCUT2D eigenvalue weighted by molar-refractivity contribution is 6.36. The number of β-amino-alcohol motifs (C(OH)–C–C–N with tert-alkyl or cyclic N) is 1. The summed E-state index contributed by atoms with van der Waals surface area (Å²) in [6, 6.07) is 11.2. The van der Waals surface area contributed by atoms with E-state index >= 15 is 0 Å². The summed E-state index contributed by atoms with van der Waals surface area (Å²) in [5, 5.41) is 14.2. The average Bonchev–Trinajstić information content (AvgIpc) is 2.75. The number of halogens is 2. The summed E-state index contributed by atoms with van der Waals surface area (Å²) in [4.78, 5) is 8.90. The number of aromatic nitrogens is 2. The first-order chi connectivity index (χ1) is 14.9. The van der Waals surface area contributed by atoms with Crippen LogP contribution >= 0.6 is 23.2 Å². The topological polar surface area (TPSA) is 93.3 Å². The molecule has 2 aromatic heterocycles. The van der Waals surface area contributed by atoms with E-state index in [9.17, 15) is 5.11 Å². The molecule has 1 aliphatic rings. The lowest BCUT2D eigenvalue weighted by Crippen LogP contribution is -2.38. The summed E-state index contributed by atoms with van der Waals surface area (Å²) in [5.41, 5.74) is 9.44. The van der Waals surface area contributed by atoms with Gasteiger partial charge in [-0.2, -0.15) is 0 Å². The van der Waals surface area contributed by atoms with Crippen LogP contribution in [0.15, 0.2) is 48.8 Å². The Labute approximate surface area is 191 Å². The molecule has 0 spiro atoms. The molecule has 0 radical (unpaired) electrons.